The molecule has 4 nitrogen and oxygen atoms in total. The number of carbonyl (C=O) groups is 1. The number of hydrogen-bond acceptors (Lipinski definition) is 4. The van der Waals surface area contributed by atoms with Gasteiger partial charge in [0.2, 0.25) is 0 Å². The van der Waals surface area contributed by atoms with E-state index in [1.807, 2.05) is 36.4 Å². The summed E-state index contributed by atoms with van der Waals surface area (Å²) in [6.07, 6.45) is 1.58. The van der Waals surface area contributed by atoms with E-state index in [0.717, 1.165) is 5.69 Å². The summed E-state index contributed by atoms with van der Waals surface area (Å²) in [5.74, 6) is -0.432. The smallest absolute Gasteiger partial charge is 0.356 e. The second-order valence-corrected chi connectivity index (χ2v) is 3.76. The standard InChI is InChI=1S/C14H14N2O2/c1-18-14(17)13-9-12(7-8-15-13)16-10-11-5-3-2-4-6-11/h2-9H,10H2,1H3,(H,15,16). The van der Waals surface area contributed by atoms with E-state index >= 15 is 0 Å². The molecule has 1 N–H and O–H groups in total. The Balaban J connectivity index is 2.04. The Bertz CT molecular complexity index is 526. The van der Waals surface area contributed by atoms with Crippen LogP contribution in [0.15, 0.2) is 48.7 Å². The van der Waals surface area contributed by atoms with Crippen molar-refractivity contribution in [2.24, 2.45) is 0 Å². The molecule has 0 bridgehead atoms. The summed E-state index contributed by atoms with van der Waals surface area (Å²) in [6, 6.07) is 13.5. The summed E-state index contributed by atoms with van der Waals surface area (Å²) in [5.41, 5.74) is 2.32. The molecular weight excluding hydrogens is 228 g/mol. The molecule has 1 aromatic carbocycles. The molecule has 18 heavy (non-hydrogen) atoms. The highest BCUT2D eigenvalue weighted by Crippen LogP contribution is 2.10. The van der Waals surface area contributed by atoms with Crippen LogP contribution in [0.1, 0.15) is 16.1 Å². The fourth-order valence-corrected chi connectivity index (χ4v) is 1.56. The summed E-state index contributed by atoms with van der Waals surface area (Å²) in [4.78, 5) is 15.3. The highest BCUT2D eigenvalue weighted by atomic mass is 16.5. The highest BCUT2D eigenvalue weighted by molar-refractivity contribution is 5.88. The van der Waals surface area contributed by atoms with Crippen molar-refractivity contribution in [3.05, 3.63) is 59.9 Å². The van der Waals surface area contributed by atoms with E-state index < -0.39 is 5.97 Å². The Morgan fingerprint density at radius 3 is 2.78 bits per heavy atom. The average molecular weight is 242 g/mol. The molecule has 92 valence electrons. The van der Waals surface area contributed by atoms with Gasteiger partial charge in [-0.3, -0.25) is 0 Å². The molecule has 0 amide bonds. The summed E-state index contributed by atoms with van der Waals surface area (Å²) >= 11 is 0. The van der Waals surface area contributed by atoms with Gasteiger partial charge in [0, 0.05) is 18.4 Å². The van der Waals surface area contributed by atoms with Gasteiger partial charge in [0.1, 0.15) is 5.69 Å². The lowest BCUT2D eigenvalue weighted by Crippen LogP contribution is -2.06. The van der Waals surface area contributed by atoms with Gasteiger partial charge in [-0.1, -0.05) is 30.3 Å². The minimum Gasteiger partial charge on any atom is -0.464 e. The van der Waals surface area contributed by atoms with E-state index in [9.17, 15) is 4.79 Å². The van der Waals surface area contributed by atoms with E-state index in [1.165, 1.54) is 12.7 Å². The van der Waals surface area contributed by atoms with Crippen LogP contribution in [0.3, 0.4) is 0 Å². The zero-order valence-corrected chi connectivity index (χ0v) is 10.1. The molecule has 0 spiro atoms. The van der Waals surface area contributed by atoms with Crippen LogP contribution < -0.4 is 5.32 Å². The molecule has 0 aliphatic rings. The first kappa shape index (κ1) is 12.1. The Kier molecular flexibility index (Phi) is 3.91. The molecule has 0 aliphatic carbocycles. The van der Waals surface area contributed by atoms with Crippen molar-refractivity contribution >= 4 is 11.7 Å². The van der Waals surface area contributed by atoms with Gasteiger partial charge in [0.05, 0.1) is 7.11 Å². The van der Waals surface area contributed by atoms with E-state index in [4.69, 9.17) is 0 Å². The van der Waals surface area contributed by atoms with Crippen molar-refractivity contribution in [1.29, 1.82) is 0 Å². The molecule has 0 saturated carbocycles. The number of carbonyl (C=O) groups excluding carboxylic acids is 1. The minimum atomic E-state index is -0.432. The normalized spacial score (nSPS) is 9.83. The third-order valence-corrected chi connectivity index (χ3v) is 2.49. The van der Waals surface area contributed by atoms with Crippen molar-refractivity contribution in [2.75, 3.05) is 12.4 Å². The maximum Gasteiger partial charge on any atom is 0.356 e. The maximum absolute atomic E-state index is 11.3. The third kappa shape index (κ3) is 3.07. The summed E-state index contributed by atoms with van der Waals surface area (Å²) < 4.78 is 4.62. The van der Waals surface area contributed by atoms with Gasteiger partial charge in [-0.25, -0.2) is 9.78 Å². The maximum atomic E-state index is 11.3. The number of anilines is 1. The molecule has 4 heteroatoms. The van der Waals surface area contributed by atoms with Crippen molar-refractivity contribution < 1.29 is 9.53 Å². The molecule has 0 aliphatic heterocycles. The zero-order valence-electron chi connectivity index (χ0n) is 10.1. The topological polar surface area (TPSA) is 51.2 Å². The summed E-state index contributed by atoms with van der Waals surface area (Å²) in [6.45, 7) is 0.700. The number of ether oxygens (including phenoxy) is 1. The van der Waals surface area contributed by atoms with Crippen molar-refractivity contribution in [3.8, 4) is 0 Å². The SMILES string of the molecule is COC(=O)c1cc(NCc2ccccc2)ccn1. The number of pyridine rings is 1. The quantitative estimate of drug-likeness (QED) is 0.837. The van der Waals surface area contributed by atoms with Crippen LogP contribution in [0.5, 0.6) is 0 Å². The zero-order chi connectivity index (χ0) is 12.8. The Morgan fingerprint density at radius 2 is 2.06 bits per heavy atom. The molecule has 2 aromatic rings. The van der Waals surface area contributed by atoms with Gasteiger partial charge >= 0.3 is 5.97 Å². The first-order valence-corrected chi connectivity index (χ1v) is 5.62. The fraction of sp³-hybridized carbons (Fsp3) is 0.143. The van der Waals surface area contributed by atoms with E-state index in [2.05, 4.69) is 15.0 Å². The van der Waals surface area contributed by atoms with Crippen molar-refractivity contribution in [2.45, 2.75) is 6.54 Å². The van der Waals surface area contributed by atoms with Crippen LogP contribution in [0.2, 0.25) is 0 Å². The van der Waals surface area contributed by atoms with Crippen LogP contribution in [-0.2, 0) is 11.3 Å². The number of aromatic nitrogens is 1. The summed E-state index contributed by atoms with van der Waals surface area (Å²) in [5, 5.41) is 3.23. The van der Waals surface area contributed by atoms with Crippen molar-refractivity contribution in [1.82, 2.24) is 4.98 Å². The van der Waals surface area contributed by atoms with Crippen LogP contribution >= 0.6 is 0 Å². The Morgan fingerprint density at radius 1 is 1.28 bits per heavy atom. The molecule has 0 fully saturated rings. The number of esters is 1. The average Bonchev–Trinajstić information content (AvgIpc) is 2.45. The van der Waals surface area contributed by atoms with E-state index in [1.54, 1.807) is 12.3 Å². The largest absolute Gasteiger partial charge is 0.464 e. The van der Waals surface area contributed by atoms with Crippen molar-refractivity contribution in [3.63, 3.8) is 0 Å². The van der Waals surface area contributed by atoms with Gasteiger partial charge in [-0.2, -0.15) is 0 Å². The predicted molar refractivity (Wildman–Crippen MR) is 69.3 cm³/mol. The molecule has 0 radical (unpaired) electrons. The third-order valence-electron chi connectivity index (χ3n) is 2.49. The fourth-order valence-electron chi connectivity index (χ4n) is 1.56. The van der Waals surface area contributed by atoms with Gasteiger partial charge < -0.3 is 10.1 Å². The van der Waals surface area contributed by atoms with E-state index in [0.29, 0.717) is 12.2 Å². The van der Waals surface area contributed by atoms with Gasteiger partial charge in [-0.15, -0.1) is 0 Å². The number of benzene rings is 1. The number of methoxy groups -OCH3 is 1. The van der Waals surface area contributed by atoms with Gasteiger partial charge in [-0.05, 0) is 17.7 Å². The van der Waals surface area contributed by atoms with Crippen LogP contribution in [-0.4, -0.2) is 18.1 Å². The molecule has 0 atom stereocenters. The predicted octanol–water partition coefficient (Wildman–Crippen LogP) is 2.48. The molecular formula is C14H14N2O2. The van der Waals surface area contributed by atoms with Crippen LogP contribution in [0, 0.1) is 0 Å². The van der Waals surface area contributed by atoms with Crippen LogP contribution in [0.25, 0.3) is 0 Å². The Hall–Kier alpha value is -2.36. The van der Waals surface area contributed by atoms with Gasteiger partial charge in [0.25, 0.3) is 0 Å². The number of rotatable bonds is 4. The molecule has 0 unspecified atom stereocenters. The minimum absolute atomic E-state index is 0.301. The van der Waals surface area contributed by atoms with E-state index in [-0.39, 0.29) is 0 Å². The first-order valence-electron chi connectivity index (χ1n) is 5.62. The van der Waals surface area contributed by atoms with Crippen LogP contribution in [0.4, 0.5) is 5.69 Å². The monoisotopic (exact) mass is 242 g/mol. The second kappa shape index (κ2) is 5.82. The lowest BCUT2D eigenvalue weighted by atomic mass is 10.2. The number of nitrogens with one attached hydrogen (secondary N) is 1. The molecule has 2 rings (SSSR count). The number of hydrogen-bond donors (Lipinski definition) is 1. The molecule has 1 aromatic heterocycles. The second-order valence-electron chi connectivity index (χ2n) is 3.76. The number of nitrogens with zero attached hydrogens (tertiary/aromatic N) is 1. The lowest BCUT2D eigenvalue weighted by molar-refractivity contribution is 0.0594. The van der Waals surface area contributed by atoms with Gasteiger partial charge in [0.15, 0.2) is 0 Å². The summed E-state index contributed by atoms with van der Waals surface area (Å²) in [7, 11) is 1.34. The molecule has 0 saturated heterocycles. The molecule has 1 heterocycles. The Labute approximate surface area is 106 Å². The first-order chi connectivity index (χ1) is 8.79. The highest BCUT2D eigenvalue weighted by Gasteiger charge is 2.06. The lowest BCUT2D eigenvalue weighted by Gasteiger charge is -2.07.